The highest BCUT2D eigenvalue weighted by Crippen LogP contribution is 2.38. The van der Waals surface area contributed by atoms with Crippen molar-refractivity contribution in [2.24, 2.45) is 4.99 Å². The number of amides is 2. The molecule has 2 aliphatic rings. The Hall–Kier alpha value is -1.91. The molecule has 3 rings (SSSR count). The number of carbonyl (C=O) groups excluding carboxylic acids is 3. The van der Waals surface area contributed by atoms with Gasteiger partial charge in [0.15, 0.2) is 5.17 Å². The quantitative estimate of drug-likeness (QED) is 0.705. The first-order valence-electron chi connectivity index (χ1n) is 9.45. The fourth-order valence-electron chi connectivity index (χ4n) is 3.26. The Kier molecular flexibility index (Phi) is 6.97. The minimum absolute atomic E-state index is 0.00455. The molecule has 2 amide bonds. The monoisotopic (exact) mass is 439 g/mol. The van der Waals surface area contributed by atoms with E-state index in [1.165, 1.54) is 30.2 Å². The fourth-order valence-corrected chi connectivity index (χ4v) is 5.59. The second-order valence-corrected chi connectivity index (χ2v) is 9.35. The summed E-state index contributed by atoms with van der Waals surface area (Å²) in [6.07, 6.45) is -0.00455. The number of amidine groups is 1. The molecule has 1 saturated heterocycles. The Morgan fingerprint density at radius 2 is 2.03 bits per heavy atom. The molecule has 0 bridgehead atoms. The minimum Gasteiger partial charge on any atom is -0.465 e. The van der Waals surface area contributed by atoms with E-state index in [1.54, 1.807) is 0 Å². The third kappa shape index (κ3) is 4.81. The normalized spacial score (nSPS) is 19.5. The second kappa shape index (κ2) is 9.27. The molecule has 0 radical (unpaired) electrons. The molecule has 1 fully saturated rings. The third-order valence-corrected chi connectivity index (χ3v) is 7.45. The molecule has 0 saturated carbocycles. The Morgan fingerprint density at radius 1 is 1.34 bits per heavy atom. The van der Waals surface area contributed by atoms with Crippen LogP contribution in [0.5, 0.6) is 0 Å². The Balaban J connectivity index is 1.67. The zero-order valence-corrected chi connectivity index (χ0v) is 18.6. The summed E-state index contributed by atoms with van der Waals surface area (Å²) in [5.74, 6) is -0.892. The highest BCUT2D eigenvalue weighted by atomic mass is 32.2. The predicted molar refractivity (Wildman–Crippen MR) is 114 cm³/mol. The van der Waals surface area contributed by atoms with Gasteiger partial charge in [-0.25, -0.2) is 4.79 Å². The van der Waals surface area contributed by atoms with Gasteiger partial charge < -0.3 is 19.7 Å². The Bertz CT molecular complexity index is 843. The molecule has 0 unspecified atom stereocenters. The van der Waals surface area contributed by atoms with Gasteiger partial charge in [0.1, 0.15) is 10.3 Å². The number of nitrogens with zero attached hydrogens (tertiary/aromatic N) is 2. The smallest absolute Gasteiger partial charge is 0.341 e. The maximum atomic E-state index is 12.6. The van der Waals surface area contributed by atoms with Gasteiger partial charge in [0, 0.05) is 24.4 Å². The van der Waals surface area contributed by atoms with E-state index in [-0.39, 0.29) is 24.2 Å². The summed E-state index contributed by atoms with van der Waals surface area (Å²) in [6.45, 7) is 8.50. The number of morpholine rings is 1. The summed E-state index contributed by atoms with van der Waals surface area (Å²) in [4.78, 5) is 44.3. The zero-order chi connectivity index (χ0) is 21.1. The molecule has 2 aliphatic heterocycles. The van der Waals surface area contributed by atoms with Crippen LogP contribution < -0.4 is 5.32 Å². The van der Waals surface area contributed by atoms with Crippen molar-refractivity contribution in [1.82, 2.24) is 4.90 Å². The van der Waals surface area contributed by atoms with Crippen LogP contribution in [0.1, 0.15) is 47.0 Å². The van der Waals surface area contributed by atoms with Gasteiger partial charge in [-0.15, -0.1) is 11.3 Å². The number of anilines is 1. The number of rotatable bonds is 5. The molecular weight excluding hydrogens is 414 g/mol. The topological polar surface area (TPSA) is 97.3 Å². The van der Waals surface area contributed by atoms with Gasteiger partial charge in [-0.3, -0.25) is 9.59 Å². The summed E-state index contributed by atoms with van der Waals surface area (Å²) < 4.78 is 10.2. The van der Waals surface area contributed by atoms with Gasteiger partial charge in [0.25, 0.3) is 5.91 Å². The van der Waals surface area contributed by atoms with Crippen LogP contribution in [0.4, 0.5) is 5.00 Å². The second-order valence-electron chi connectivity index (χ2n) is 7.13. The van der Waals surface area contributed by atoms with E-state index in [1.807, 2.05) is 25.7 Å². The molecule has 1 N–H and O–H groups in total. The lowest BCUT2D eigenvalue weighted by molar-refractivity contribution is -0.121. The van der Waals surface area contributed by atoms with E-state index in [0.717, 1.165) is 10.4 Å². The molecule has 158 valence electrons. The first kappa shape index (κ1) is 21.8. The van der Waals surface area contributed by atoms with E-state index in [9.17, 15) is 14.4 Å². The van der Waals surface area contributed by atoms with Crippen LogP contribution in [0, 0.1) is 6.92 Å². The number of carbonyl (C=O) groups is 3. The van der Waals surface area contributed by atoms with Gasteiger partial charge in [-0.1, -0.05) is 25.6 Å². The molecule has 29 heavy (non-hydrogen) atoms. The van der Waals surface area contributed by atoms with Crippen molar-refractivity contribution in [3.63, 3.8) is 0 Å². The van der Waals surface area contributed by atoms with Gasteiger partial charge in [0.2, 0.25) is 5.91 Å². The van der Waals surface area contributed by atoms with E-state index in [0.29, 0.717) is 42.0 Å². The third-order valence-electron chi connectivity index (χ3n) is 4.73. The molecule has 1 aromatic rings. The van der Waals surface area contributed by atoms with Crippen molar-refractivity contribution in [3.05, 3.63) is 16.0 Å². The van der Waals surface area contributed by atoms with Gasteiger partial charge in [-0.05, 0) is 18.4 Å². The van der Waals surface area contributed by atoms with Crippen LogP contribution >= 0.6 is 23.1 Å². The molecule has 1 atom stereocenters. The summed E-state index contributed by atoms with van der Waals surface area (Å²) in [7, 11) is 1.32. The molecule has 1 aromatic heterocycles. The van der Waals surface area contributed by atoms with Crippen LogP contribution in [-0.4, -0.2) is 66.5 Å². The molecule has 0 aliphatic carbocycles. The van der Waals surface area contributed by atoms with E-state index in [4.69, 9.17) is 9.47 Å². The van der Waals surface area contributed by atoms with Crippen LogP contribution in [0.25, 0.3) is 0 Å². The fraction of sp³-hybridized carbons (Fsp3) is 0.579. The summed E-state index contributed by atoms with van der Waals surface area (Å²) in [5.41, 5.74) is 1.20. The lowest BCUT2D eigenvalue weighted by Gasteiger charge is -2.27. The number of hydrogen-bond donors (Lipinski definition) is 1. The standard InChI is InChI=1S/C19H25N3O5S2/c1-10(2)15-11(3)14(18(25)26-4)17(29-15)20-13(23)9-12-16(24)21-19(28-12)22-5-7-27-8-6-22/h10,12H,5-9H2,1-4H3,(H,20,23)/t12-/m0/s1. The highest BCUT2D eigenvalue weighted by molar-refractivity contribution is 8.15. The van der Waals surface area contributed by atoms with Crippen LogP contribution in [0.15, 0.2) is 4.99 Å². The molecular formula is C19H25N3O5S2. The van der Waals surface area contributed by atoms with Crippen molar-refractivity contribution in [2.75, 3.05) is 38.7 Å². The van der Waals surface area contributed by atoms with E-state index >= 15 is 0 Å². The number of esters is 1. The summed E-state index contributed by atoms with van der Waals surface area (Å²) in [6, 6.07) is 0. The molecule has 0 aromatic carbocycles. The number of thioether (sulfide) groups is 1. The number of thiophene rings is 1. The van der Waals surface area contributed by atoms with Crippen LogP contribution in [0.3, 0.4) is 0 Å². The maximum absolute atomic E-state index is 12.6. The van der Waals surface area contributed by atoms with Crippen molar-refractivity contribution in [1.29, 1.82) is 0 Å². The van der Waals surface area contributed by atoms with Crippen LogP contribution in [-0.2, 0) is 19.1 Å². The number of aliphatic imine (C=N–C) groups is 1. The minimum atomic E-state index is -0.556. The lowest BCUT2D eigenvalue weighted by Crippen LogP contribution is -2.39. The summed E-state index contributed by atoms with van der Waals surface area (Å²) >= 11 is 2.69. The molecule has 8 nitrogen and oxygen atoms in total. The van der Waals surface area contributed by atoms with E-state index in [2.05, 4.69) is 10.3 Å². The van der Waals surface area contributed by atoms with Crippen molar-refractivity contribution in [3.8, 4) is 0 Å². The molecule has 10 heteroatoms. The first-order valence-corrected chi connectivity index (χ1v) is 11.1. The largest absolute Gasteiger partial charge is 0.465 e. The van der Waals surface area contributed by atoms with E-state index < -0.39 is 11.2 Å². The van der Waals surface area contributed by atoms with Crippen molar-refractivity contribution < 1.29 is 23.9 Å². The van der Waals surface area contributed by atoms with Crippen molar-refractivity contribution in [2.45, 2.75) is 38.4 Å². The van der Waals surface area contributed by atoms with Gasteiger partial charge in [0.05, 0.1) is 25.9 Å². The number of methoxy groups -OCH3 is 1. The average Bonchev–Trinajstić information content (AvgIpc) is 3.22. The number of ether oxygens (including phenoxy) is 2. The predicted octanol–water partition coefficient (Wildman–Crippen LogP) is 2.63. The average molecular weight is 440 g/mol. The maximum Gasteiger partial charge on any atom is 0.341 e. The number of hydrogen-bond acceptors (Lipinski definition) is 8. The SMILES string of the molecule is COC(=O)c1c(NC(=O)C[C@@H]2SC(N3CCOCC3)=NC2=O)sc(C(C)C)c1C. The Morgan fingerprint density at radius 3 is 2.66 bits per heavy atom. The van der Waals surface area contributed by atoms with Crippen LogP contribution in [0.2, 0.25) is 0 Å². The Labute approximate surface area is 178 Å². The van der Waals surface area contributed by atoms with Gasteiger partial charge in [-0.2, -0.15) is 4.99 Å². The highest BCUT2D eigenvalue weighted by Gasteiger charge is 2.34. The lowest BCUT2D eigenvalue weighted by atomic mass is 10.1. The molecule has 3 heterocycles. The van der Waals surface area contributed by atoms with Gasteiger partial charge >= 0.3 is 5.97 Å². The first-order chi connectivity index (χ1) is 13.8. The number of nitrogens with one attached hydrogen (secondary N) is 1. The van der Waals surface area contributed by atoms with Crippen molar-refractivity contribution >= 4 is 51.1 Å². The summed E-state index contributed by atoms with van der Waals surface area (Å²) in [5, 5.41) is 3.38. The molecule has 0 spiro atoms. The zero-order valence-electron chi connectivity index (χ0n) is 16.9.